The number of thiazole rings is 1. The molecule has 6 nitrogen and oxygen atoms in total. The summed E-state index contributed by atoms with van der Waals surface area (Å²) < 4.78 is 32.9. The van der Waals surface area contributed by atoms with Gasteiger partial charge in [-0.3, -0.25) is 9.52 Å². The highest BCUT2D eigenvalue weighted by Crippen LogP contribution is 2.30. The van der Waals surface area contributed by atoms with Crippen molar-refractivity contribution in [2.45, 2.75) is 24.7 Å². The lowest BCUT2D eigenvalue weighted by molar-refractivity contribution is -0.134. The number of hydrogen-bond donors (Lipinski definition) is 1. The van der Waals surface area contributed by atoms with Crippen molar-refractivity contribution in [3.05, 3.63) is 48.7 Å². The molecule has 3 aromatic rings. The molecule has 0 aliphatic heterocycles. The van der Waals surface area contributed by atoms with Crippen LogP contribution < -0.4 is 9.46 Å². The highest BCUT2D eigenvalue weighted by Gasteiger charge is 2.19. The van der Waals surface area contributed by atoms with Crippen molar-refractivity contribution >= 4 is 43.2 Å². The largest absolute Gasteiger partial charge is 0.414 e. The molecule has 1 N–H and O–H groups in total. The van der Waals surface area contributed by atoms with Crippen LogP contribution in [0, 0.1) is 0 Å². The lowest BCUT2D eigenvalue weighted by Gasteiger charge is -2.08. The number of hydrogen-bond acceptors (Lipinski definition) is 6. The maximum Gasteiger partial charge on any atom is 0.312 e. The van der Waals surface area contributed by atoms with Gasteiger partial charge in [-0.2, -0.15) is 0 Å². The molecular formula is C17H16N2O4S2. The third-order valence-corrected chi connectivity index (χ3v) is 5.73. The number of ether oxygens (including phenoxy) is 1. The van der Waals surface area contributed by atoms with Crippen LogP contribution in [0.5, 0.6) is 5.06 Å². The minimum Gasteiger partial charge on any atom is -0.414 e. The van der Waals surface area contributed by atoms with Crippen molar-refractivity contribution in [1.82, 2.24) is 4.98 Å². The van der Waals surface area contributed by atoms with Crippen LogP contribution in [-0.2, 0) is 14.8 Å². The third-order valence-electron chi connectivity index (χ3n) is 3.41. The first kappa shape index (κ1) is 17.4. The molecule has 2 aromatic carbocycles. The molecule has 0 spiro atoms. The number of nitrogens with one attached hydrogen (secondary N) is 1. The second kappa shape index (κ2) is 7.20. The average molecular weight is 376 g/mol. The summed E-state index contributed by atoms with van der Waals surface area (Å²) in [7, 11) is -3.81. The Morgan fingerprint density at radius 2 is 1.96 bits per heavy atom. The van der Waals surface area contributed by atoms with E-state index in [-0.39, 0.29) is 21.1 Å². The van der Waals surface area contributed by atoms with E-state index in [2.05, 4.69) is 9.71 Å². The summed E-state index contributed by atoms with van der Waals surface area (Å²) in [6, 6.07) is 12.3. The highest BCUT2D eigenvalue weighted by atomic mass is 32.2. The number of fused-ring (bicyclic) bond motifs is 1. The second-order valence-electron chi connectivity index (χ2n) is 5.29. The van der Waals surface area contributed by atoms with Crippen LogP contribution in [0.25, 0.3) is 10.8 Å². The number of carbonyl (C=O) groups is 1. The topological polar surface area (TPSA) is 85.4 Å². The molecule has 0 aliphatic rings. The molecule has 0 fully saturated rings. The number of nitrogens with zero attached hydrogens (tertiary/aromatic N) is 1. The van der Waals surface area contributed by atoms with E-state index < -0.39 is 10.0 Å². The molecule has 0 aliphatic carbocycles. The highest BCUT2D eigenvalue weighted by molar-refractivity contribution is 7.93. The molecular weight excluding hydrogens is 360 g/mol. The van der Waals surface area contributed by atoms with Gasteiger partial charge in [0.05, 0.1) is 11.1 Å². The molecule has 0 atom stereocenters. The Hall–Kier alpha value is -2.45. The summed E-state index contributed by atoms with van der Waals surface area (Å²) in [6.07, 6.45) is 2.31. The van der Waals surface area contributed by atoms with E-state index in [1.165, 1.54) is 6.20 Å². The molecule has 8 heteroatoms. The molecule has 1 heterocycles. The number of sulfonamides is 1. The van der Waals surface area contributed by atoms with Crippen LogP contribution in [0.1, 0.15) is 19.8 Å². The van der Waals surface area contributed by atoms with Crippen molar-refractivity contribution in [3.8, 4) is 5.06 Å². The van der Waals surface area contributed by atoms with E-state index >= 15 is 0 Å². The van der Waals surface area contributed by atoms with Crippen molar-refractivity contribution in [2.24, 2.45) is 0 Å². The molecule has 0 radical (unpaired) electrons. The number of esters is 1. The van der Waals surface area contributed by atoms with E-state index in [0.717, 1.165) is 16.7 Å². The molecule has 1 aromatic heterocycles. The van der Waals surface area contributed by atoms with Gasteiger partial charge in [-0.05, 0) is 17.9 Å². The Balaban J connectivity index is 1.84. The van der Waals surface area contributed by atoms with Gasteiger partial charge in [-0.1, -0.05) is 54.7 Å². The number of benzene rings is 2. The van der Waals surface area contributed by atoms with Gasteiger partial charge in [0.25, 0.3) is 10.0 Å². The van der Waals surface area contributed by atoms with Crippen LogP contribution in [0.2, 0.25) is 0 Å². The summed E-state index contributed by atoms with van der Waals surface area (Å²) in [5, 5.41) is 1.86. The molecule has 0 saturated heterocycles. The molecule has 0 saturated carbocycles. The van der Waals surface area contributed by atoms with Crippen molar-refractivity contribution in [1.29, 1.82) is 0 Å². The Bertz CT molecular complexity index is 1010. The van der Waals surface area contributed by atoms with Gasteiger partial charge >= 0.3 is 5.97 Å². The fourth-order valence-corrected chi connectivity index (χ4v) is 4.48. The number of anilines is 1. The van der Waals surface area contributed by atoms with Crippen LogP contribution in [0.4, 0.5) is 5.13 Å². The lowest BCUT2D eigenvalue weighted by Crippen LogP contribution is -2.13. The molecule has 130 valence electrons. The Kier molecular flexibility index (Phi) is 5.00. The van der Waals surface area contributed by atoms with E-state index in [1.807, 2.05) is 25.1 Å². The third kappa shape index (κ3) is 3.97. The fraction of sp³-hybridized carbons (Fsp3) is 0.176. The summed E-state index contributed by atoms with van der Waals surface area (Å²) in [4.78, 5) is 15.6. The summed E-state index contributed by atoms with van der Waals surface area (Å²) in [5.74, 6) is -0.366. The van der Waals surface area contributed by atoms with Gasteiger partial charge in [-0.25, -0.2) is 13.4 Å². The maximum absolute atomic E-state index is 12.7. The Morgan fingerprint density at radius 1 is 1.20 bits per heavy atom. The zero-order valence-corrected chi connectivity index (χ0v) is 15.1. The first-order chi connectivity index (χ1) is 12.0. The van der Waals surface area contributed by atoms with Gasteiger partial charge in [0.2, 0.25) is 5.06 Å². The summed E-state index contributed by atoms with van der Waals surface area (Å²) in [5.41, 5.74) is 0. The SMILES string of the molecule is CCCC(=O)Oc1cnc(NS(=O)(=O)c2cccc3ccccc23)s1. The summed E-state index contributed by atoms with van der Waals surface area (Å²) >= 11 is 0.970. The van der Waals surface area contributed by atoms with Gasteiger partial charge in [-0.15, -0.1) is 0 Å². The first-order valence-corrected chi connectivity index (χ1v) is 9.96. The van der Waals surface area contributed by atoms with E-state index in [0.29, 0.717) is 18.2 Å². The Morgan fingerprint density at radius 3 is 2.76 bits per heavy atom. The molecule has 25 heavy (non-hydrogen) atoms. The van der Waals surface area contributed by atoms with E-state index in [4.69, 9.17) is 4.74 Å². The zero-order valence-electron chi connectivity index (χ0n) is 13.4. The quantitative estimate of drug-likeness (QED) is 0.661. The van der Waals surface area contributed by atoms with Gasteiger partial charge < -0.3 is 4.74 Å². The molecule has 0 unspecified atom stereocenters. The van der Waals surface area contributed by atoms with Crippen molar-refractivity contribution in [3.63, 3.8) is 0 Å². The number of rotatable bonds is 6. The minimum atomic E-state index is -3.81. The van der Waals surface area contributed by atoms with Crippen LogP contribution in [0.15, 0.2) is 53.6 Å². The number of carbonyl (C=O) groups excluding carboxylic acids is 1. The minimum absolute atomic E-state index is 0.146. The van der Waals surface area contributed by atoms with Gasteiger partial charge in [0.15, 0.2) is 5.13 Å². The standard InChI is InChI=1S/C17H16N2O4S2/c1-2-6-15(20)23-16-11-18-17(24-16)19-25(21,22)14-10-5-8-12-7-3-4-9-13(12)14/h3-5,7-11H,2,6H2,1H3,(H,18,19). The van der Waals surface area contributed by atoms with Crippen LogP contribution in [-0.4, -0.2) is 19.4 Å². The second-order valence-corrected chi connectivity index (χ2v) is 7.94. The van der Waals surface area contributed by atoms with Crippen LogP contribution in [0.3, 0.4) is 0 Å². The Labute approximate surface area is 149 Å². The smallest absolute Gasteiger partial charge is 0.312 e. The zero-order chi connectivity index (χ0) is 17.9. The first-order valence-electron chi connectivity index (χ1n) is 7.66. The lowest BCUT2D eigenvalue weighted by atomic mass is 10.1. The molecule has 0 bridgehead atoms. The molecule has 0 amide bonds. The fourth-order valence-electron chi connectivity index (χ4n) is 2.32. The predicted octanol–water partition coefficient (Wildman–Crippen LogP) is 3.80. The van der Waals surface area contributed by atoms with Crippen molar-refractivity contribution < 1.29 is 17.9 Å². The molecule has 3 rings (SSSR count). The average Bonchev–Trinajstić information content (AvgIpc) is 3.00. The van der Waals surface area contributed by atoms with Crippen molar-refractivity contribution in [2.75, 3.05) is 4.72 Å². The van der Waals surface area contributed by atoms with E-state index in [9.17, 15) is 13.2 Å². The number of aromatic nitrogens is 1. The predicted molar refractivity (Wildman–Crippen MR) is 97.4 cm³/mol. The summed E-state index contributed by atoms with van der Waals surface area (Å²) in [6.45, 7) is 1.87. The van der Waals surface area contributed by atoms with Gasteiger partial charge in [0.1, 0.15) is 0 Å². The normalized spacial score (nSPS) is 11.4. The monoisotopic (exact) mass is 376 g/mol. The maximum atomic E-state index is 12.7. The van der Waals surface area contributed by atoms with Gasteiger partial charge in [0, 0.05) is 11.8 Å². The van der Waals surface area contributed by atoms with Crippen LogP contribution >= 0.6 is 11.3 Å². The van der Waals surface area contributed by atoms with E-state index in [1.54, 1.807) is 24.3 Å².